The van der Waals surface area contributed by atoms with E-state index in [9.17, 15) is 9.59 Å². The summed E-state index contributed by atoms with van der Waals surface area (Å²) in [5.74, 6) is -0.935. The Hall–Kier alpha value is -3.68. The normalized spacial score (nSPS) is 10.4. The van der Waals surface area contributed by atoms with E-state index in [1.54, 1.807) is 26.0 Å². The predicted molar refractivity (Wildman–Crippen MR) is 106 cm³/mol. The molecule has 8 heteroatoms. The van der Waals surface area contributed by atoms with E-state index in [2.05, 4.69) is 20.5 Å². The van der Waals surface area contributed by atoms with Gasteiger partial charge in [-0.05, 0) is 50.2 Å². The number of H-pyrrole nitrogens is 1. The van der Waals surface area contributed by atoms with Crippen LogP contribution in [0.4, 0.5) is 5.69 Å². The van der Waals surface area contributed by atoms with E-state index in [0.717, 1.165) is 22.4 Å². The molecule has 0 aliphatic rings. The van der Waals surface area contributed by atoms with Crippen molar-refractivity contribution in [3.05, 3.63) is 48.5 Å². The minimum absolute atomic E-state index is 0.128. The number of para-hydroxylation sites is 2. The zero-order valence-electron chi connectivity index (χ0n) is 15.6. The van der Waals surface area contributed by atoms with Crippen LogP contribution in [0.2, 0.25) is 0 Å². The van der Waals surface area contributed by atoms with Gasteiger partial charge in [0.15, 0.2) is 0 Å². The highest BCUT2D eigenvalue weighted by molar-refractivity contribution is 6.62. The number of hydrogen-bond donors (Lipinski definition) is 2. The van der Waals surface area contributed by atoms with Crippen LogP contribution in [0.1, 0.15) is 13.8 Å². The average Bonchev–Trinajstić information content (AvgIpc) is 3.13. The number of fused-ring (bicyclic) bond motifs is 1. The molecular weight excluding hydrogens is 360 g/mol. The second-order valence-electron chi connectivity index (χ2n) is 5.69. The quantitative estimate of drug-likeness (QED) is 0.282. The Bertz CT molecular complexity index is 955. The van der Waals surface area contributed by atoms with Gasteiger partial charge in [-0.15, -0.1) is 0 Å². The van der Waals surface area contributed by atoms with E-state index in [-0.39, 0.29) is 13.2 Å². The molecule has 0 saturated heterocycles. The number of hydrazone groups is 1. The number of rotatable bonds is 7. The van der Waals surface area contributed by atoms with Crippen LogP contribution in [0.5, 0.6) is 0 Å². The number of hydrogen-bond acceptors (Lipinski definition) is 7. The van der Waals surface area contributed by atoms with Gasteiger partial charge in [0.2, 0.25) is 0 Å². The summed E-state index contributed by atoms with van der Waals surface area (Å²) in [6.45, 7) is 3.54. The number of carbonyl (C=O) groups excluding carboxylic acids is 2. The molecule has 1 aromatic heterocycles. The molecule has 1 heterocycles. The Morgan fingerprint density at radius 3 is 2.25 bits per heavy atom. The van der Waals surface area contributed by atoms with Crippen molar-refractivity contribution < 1.29 is 19.1 Å². The Kier molecular flexibility index (Phi) is 6.01. The summed E-state index contributed by atoms with van der Waals surface area (Å²) < 4.78 is 9.69. The van der Waals surface area contributed by atoms with Gasteiger partial charge >= 0.3 is 11.9 Å². The fraction of sp³-hybridized carbons (Fsp3) is 0.200. The summed E-state index contributed by atoms with van der Waals surface area (Å²) in [5.41, 5.74) is 5.57. The van der Waals surface area contributed by atoms with Gasteiger partial charge in [0, 0.05) is 5.56 Å². The second-order valence-corrected chi connectivity index (χ2v) is 5.69. The molecular formula is C20H20N4O4. The standard InChI is InChI=1S/C20H20N4O4/c1-3-27-19(25)17(20(26)28-4-2)24-23-14-11-9-13(10-12-14)18-21-15-7-5-6-8-16(15)22-18/h5-12,23H,3-4H2,1-2H3,(H,21,22). The van der Waals surface area contributed by atoms with E-state index < -0.39 is 17.7 Å². The Morgan fingerprint density at radius 2 is 1.64 bits per heavy atom. The van der Waals surface area contributed by atoms with E-state index in [1.165, 1.54) is 0 Å². The lowest BCUT2D eigenvalue weighted by Gasteiger charge is -2.07. The molecule has 8 nitrogen and oxygen atoms in total. The molecule has 2 N–H and O–H groups in total. The van der Waals surface area contributed by atoms with E-state index in [4.69, 9.17) is 9.47 Å². The van der Waals surface area contributed by atoms with Gasteiger partial charge in [-0.25, -0.2) is 14.6 Å². The maximum atomic E-state index is 11.9. The van der Waals surface area contributed by atoms with Crippen LogP contribution >= 0.6 is 0 Å². The first-order valence-corrected chi connectivity index (χ1v) is 8.85. The molecule has 0 atom stereocenters. The lowest BCUT2D eigenvalue weighted by molar-refractivity contribution is -0.140. The third kappa shape index (κ3) is 4.35. The molecule has 0 aliphatic carbocycles. The number of benzene rings is 2. The van der Waals surface area contributed by atoms with Crippen molar-refractivity contribution in [1.82, 2.24) is 9.97 Å². The Morgan fingerprint density at radius 1 is 1.00 bits per heavy atom. The highest BCUT2D eigenvalue weighted by atomic mass is 16.6. The van der Waals surface area contributed by atoms with Crippen LogP contribution in [0.25, 0.3) is 22.4 Å². The number of esters is 2. The molecule has 144 valence electrons. The molecule has 28 heavy (non-hydrogen) atoms. The maximum Gasteiger partial charge on any atom is 0.366 e. The van der Waals surface area contributed by atoms with Crippen LogP contribution in [0.3, 0.4) is 0 Å². The molecule has 0 unspecified atom stereocenters. The summed E-state index contributed by atoms with van der Waals surface area (Å²) in [5, 5.41) is 3.86. The monoisotopic (exact) mass is 380 g/mol. The minimum atomic E-state index is -0.840. The van der Waals surface area contributed by atoms with Gasteiger partial charge in [0.1, 0.15) is 5.82 Å². The van der Waals surface area contributed by atoms with Crippen LogP contribution in [-0.4, -0.2) is 40.8 Å². The van der Waals surface area contributed by atoms with Crippen molar-refractivity contribution >= 4 is 34.4 Å². The molecule has 0 aliphatic heterocycles. The van der Waals surface area contributed by atoms with Crippen molar-refractivity contribution in [1.29, 1.82) is 0 Å². The molecule has 3 aromatic rings. The Balaban J connectivity index is 1.77. The number of carbonyl (C=O) groups is 2. The first-order valence-electron chi connectivity index (χ1n) is 8.85. The molecule has 0 saturated carbocycles. The van der Waals surface area contributed by atoms with Gasteiger partial charge < -0.3 is 14.5 Å². The largest absolute Gasteiger partial charge is 0.461 e. The number of imidazole rings is 1. The zero-order chi connectivity index (χ0) is 19.9. The lowest BCUT2D eigenvalue weighted by atomic mass is 10.2. The number of aromatic amines is 1. The van der Waals surface area contributed by atoms with E-state index in [1.807, 2.05) is 36.4 Å². The summed E-state index contributed by atoms with van der Waals surface area (Å²) in [6.07, 6.45) is 0. The predicted octanol–water partition coefficient (Wildman–Crippen LogP) is 3.12. The van der Waals surface area contributed by atoms with Crippen molar-refractivity contribution in [2.75, 3.05) is 18.6 Å². The third-order valence-electron chi connectivity index (χ3n) is 3.78. The van der Waals surface area contributed by atoms with Gasteiger partial charge in [0.05, 0.1) is 29.9 Å². The van der Waals surface area contributed by atoms with Crippen molar-refractivity contribution in [2.24, 2.45) is 5.10 Å². The summed E-state index contributed by atoms with van der Waals surface area (Å²) in [4.78, 5) is 31.6. The van der Waals surface area contributed by atoms with Crippen LogP contribution < -0.4 is 5.43 Å². The number of nitrogens with zero attached hydrogens (tertiary/aromatic N) is 2. The SMILES string of the molecule is CCOC(=O)C(=NNc1ccc(-c2nc3ccccc3[nH]2)cc1)C(=O)OCC. The lowest BCUT2D eigenvalue weighted by Crippen LogP contribution is -2.29. The molecule has 0 bridgehead atoms. The Labute approximate surface area is 161 Å². The van der Waals surface area contributed by atoms with Crippen molar-refractivity contribution in [3.63, 3.8) is 0 Å². The highest BCUT2D eigenvalue weighted by Crippen LogP contribution is 2.22. The van der Waals surface area contributed by atoms with Crippen LogP contribution in [0, 0.1) is 0 Å². The summed E-state index contributed by atoms with van der Waals surface area (Å²) in [6, 6.07) is 15.0. The van der Waals surface area contributed by atoms with Crippen LogP contribution in [0.15, 0.2) is 53.6 Å². The number of aromatic nitrogens is 2. The summed E-state index contributed by atoms with van der Waals surface area (Å²) >= 11 is 0. The third-order valence-corrected chi connectivity index (χ3v) is 3.78. The first kappa shape index (κ1) is 19.1. The summed E-state index contributed by atoms with van der Waals surface area (Å²) in [7, 11) is 0. The topological polar surface area (TPSA) is 106 Å². The molecule has 2 aromatic carbocycles. The van der Waals surface area contributed by atoms with Gasteiger partial charge in [-0.3, -0.25) is 5.43 Å². The molecule has 3 rings (SSSR count). The number of anilines is 1. The molecule has 0 radical (unpaired) electrons. The smallest absolute Gasteiger partial charge is 0.366 e. The number of ether oxygens (including phenoxy) is 2. The van der Waals surface area contributed by atoms with Gasteiger partial charge in [-0.2, -0.15) is 5.10 Å². The molecule has 0 amide bonds. The van der Waals surface area contributed by atoms with Crippen molar-refractivity contribution in [3.8, 4) is 11.4 Å². The van der Waals surface area contributed by atoms with Gasteiger partial charge in [0.25, 0.3) is 5.71 Å². The van der Waals surface area contributed by atoms with E-state index >= 15 is 0 Å². The zero-order valence-corrected chi connectivity index (χ0v) is 15.6. The van der Waals surface area contributed by atoms with Gasteiger partial charge in [-0.1, -0.05) is 12.1 Å². The maximum absolute atomic E-state index is 11.9. The second kappa shape index (κ2) is 8.81. The van der Waals surface area contributed by atoms with E-state index in [0.29, 0.717) is 5.69 Å². The van der Waals surface area contributed by atoms with Crippen molar-refractivity contribution in [2.45, 2.75) is 13.8 Å². The first-order chi connectivity index (χ1) is 13.6. The number of nitrogens with one attached hydrogen (secondary N) is 2. The van der Waals surface area contributed by atoms with Crippen LogP contribution in [-0.2, 0) is 19.1 Å². The average molecular weight is 380 g/mol. The molecule has 0 fully saturated rings. The minimum Gasteiger partial charge on any atom is -0.461 e. The molecule has 0 spiro atoms. The highest BCUT2D eigenvalue weighted by Gasteiger charge is 2.23. The fourth-order valence-corrected chi connectivity index (χ4v) is 2.49. The fourth-order valence-electron chi connectivity index (χ4n) is 2.49.